The van der Waals surface area contributed by atoms with E-state index in [0.717, 1.165) is 5.56 Å². The van der Waals surface area contributed by atoms with Crippen molar-refractivity contribution < 1.29 is 47.8 Å². The topological polar surface area (TPSA) is 161 Å². The number of nitro groups is 1. The SMILES string of the molecule is CC(C)(C)OC(=O)OC(=O)OC(C)(C)C.CC(C)(C)OC(=O)c1ccc([N+](=O)[O-])c(CN(CCc2ccccc2)C(=O)OC(C)(C)C)c1. The van der Waals surface area contributed by atoms with Crippen molar-refractivity contribution in [3.63, 3.8) is 0 Å². The molecule has 0 saturated carbocycles. The van der Waals surface area contributed by atoms with Crippen LogP contribution >= 0.6 is 0 Å². The predicted octanol–water partition coefficient (Wildman–Crippen LogP) is 8.40. The zero-order valence-corrected chi connectivity index (χ0v) is 30.1. The average molecular weight is 675 g/mol. The molecule has 0 saturated heterocycles. The molecule has 0 unspecified atom stereocenters. The third kappa shape index (κ3) is 17.9. The van der Waals surface area contributed by atoms with E-state index in [2.05, 4.69) is 4.74 Å². The van der Waals surface area contributed by atoms with Gasteiger partial charge in [0.25, 0.3) is 5.69 Å². The molecular weight excluding hydrogens is 624 g/mol. The molecule has 0 fully saturated rings. The van der Waals surface area contributed by atoms with E-state index in [1.54, 1.807) is 83.1 Å². The van der Waals surface area contributed by atoms with E-state index in [9.17, 15) is 29.3 Å². The van der Waals surface area contributed by atoms with Gasteiger partial charge in [-0.15, -0.1) is 0 Å². The highest BCUT2D eigenvalue weighted by Gasteiger charge is 2.27. The zero-order chi connectivity index (χ0) is 37.1. The van der Waals surface area contributed by atoms with Crippen molar-refractivity contribution in [3.8, 4) is 0 Å². The first kappa shape index (κ1) is 41.3. The van der Waals surface area contributed by atoms with Crippen molar-refractivity contribution in [2.45, 2.75) is 118 Å². The van der Waals surface area contributed by atoms with Gasteiger partial charge in [0.05, 0.1) is 22.6 Å². The summed E-state index contributed by atoms with van der Waals surface area (Å²) in [5.74, 6) is -0.591. The smallest absolute Gasteiger partial charge is 0.456 e. The minimum Gasteiger partial charge on any atom is -0.456 e. The van der Waals surface area contributed by atoms with Crippen LogP contribution in [0.5, 0.6) is 0 Å². The van der Waals surface area contributed by atoms with Crippen LogP contribution < -0.4 is 0 Å². The summed E-state index contributed by atoms with van der Waals surface area (Å²) in [6.07, 6.45) is -2.16. The fourth-order valence-corrected chi connectivity index (χ4v) is 3.64. The lowest BCUT2D eigenvalue weighted by atomic mass is 10.1. The molecule has 266 valence electrons. The Morgan fingerprint density at radius 3 is 1.60 bits per heavy atom. The van der Waals surface area contributed by atoms with Crippen molar-refractivity contribution in [1.29, 1.82) is 0 Å². The second-order valence-corrected chi connectivity index (χ2v) is 14.8. The number of ether oxygens (including phenoxy) is 5. The zero-order valence-electron chi connectivity index (χ0n) is 30.1. The average Bonchev–Trinajstić information content (AvgIpc) is 2.87. The summed E-state index contributed by atoms with van der Waals surface area (Å²) in [6, 6.07) is 13.6. The lowest BCUT2D eigenvalue weighted by Gasteiger charge is -2.27. The van der Waals surface area contributed by atoms with Crippen LogP contribution in [0.3, 0.4) is 0 Å². The van der Waals surface area contributed by atoms with Crippen LogP contribution in [0.1, 0.15) is 105 Å². The lowest BCUT2D eigenvalue weighted by molar-refractivity contribution is -0.385. The maximum atomic E-state index is 12.9. The fraction of sp³-hybridized carbons (Fsp3) is 0.543. The first-order valence-corrected chi connectivity index (χ1v) is 15.4. The number of hydrogen-bond acceptors (Lipinski definition) is 11. The van der Waals surface area contributed by atoms with Crippen LogP contribution in [0.2, 0.25) is 0 Å². The largest absolute Gasteiger partial charge is 0.519 e. The van der Waals surface area contributed by atoms with E-state index in [-0.39, 0.29) is 29.9 Å². The van der Waals surface area contributed by atoms with E-state index >= 15 is 0 Å². The molecular formula is C35H50N2O11. The van der Waals surface area contributed by atoms with Crippen molar-refractivity contribution in [2.75, 3.05) is 6.54 Å². The molecule has 0 N–H and O–H groups in total. The number of carbonyl (C=O) groups is 4. The summed E-state index contributed by atoms with van der Waals surface area (Å²) >= 11 is 0. The number of nitrogens with zero attached hydrogens (tertiary/aromatic N) is 2. The van der Waals surface area contributed by atoms with Gasteiger partial charge in [-0.2, -0.15) is 0 Å². The second-order valence-electron chi connectivity index (χ2n) is 14.8. The van der Waals surface area contributed by atoms with Gasteiger partial charge in [-0.05, 0) is 107 Å². The summed E-state index contributed by atoms with van der Waals surface area (Å²) in [4.78, 5) is 60.0. The Bertz CT molecular complexity index is 1390. The Labute approximate surface area is 283 Å². The highest BCUT2D eigenvalue weighted by Crippen LogP contribution is 2.25. The van der Waals surface area contributed by atoms with E-state index in [4.69, 9.17) is 18.9 Å². The van der Waals surface area contributed by atoms with E-state index in [1.165, 1.54) is 23.1 Å². The van der Waals surface area contributed by atoms with Crippen molar-refractivity contribution >= 4 is 30.1 Å². The first-order chi connectivity index (χ1) is 21.7. The number of rotatable bonds is 7. The number of esters is 1. The summed E-state index contributed by atoms with van der Waals surface area (Å²) in [7, 11) is 0. The first-order valence-electron chi connectivity index (χ1n) is 15.4. The van der Waals surface area contributed by atoms with Crippen molar-refractivity contribution in [2.24, 2.45) is 0 Å². The number of nitro benzene ring substituents is 1. The van der Waals surface area contributed by atoms with E-state index in [1.807, 2.05) is 30.3 Å². The summed E-state index contributed by atoms with van der Waals surface area (Å²) < 4.78 is 24.7. The van der Waals surface area contributed by atoms with Crippen LogP contribution in [0.15, 0.2) is 48.5 Å². The van der Waals surface area contributed by atoms with E-state index < -0.39 is 51.7 Å². The summed E-state index contributed by atoms with van der Waals surface area (Å²) in [5, 5.41) is 11.6. The normalized spacial score (nSPS) is 11.7. The van der Waals surface area contributed by atoms with Gasteiger partial charge >= 0.3 is 24.4 Å². The molecule has 0 heterocycles. The predicted molar refractivity (Wildman–Crippen MR) is 179 cm³/mol. The van der Waals surface area contributed by atoms with Gasteiger partial charge in [0.15, 0.2) is 0 Å². The number of benzene rings is 2. The number of amides is 1. The molecule has 0 aliphatic carbocycles. The number of hydrogen-bond donors (Lipinski definition) is 0. The van der Waals surface area contributed by atoms with Gasteiger partial charge < -0.3 is 28.6 Å². The third-order valence-electron chi connectivity index (χ3n) is 5.38. The van der Waals surface area contributed by atoms with Crippen molar-refractivity contribution in [1.82, 2.24) is 4.90 Å². The van der Waals surface area contributed by atoms with Crippen molar-refractivity contribution in [3.05, 3.63) is 75.3 Å². The van der Waals surface area contributed by atoms with Crippen LogP contribution in [0.25, 0.3) is 0 Å². The third-order valence-corrected chi connectivity index (χ3v) is 5.38. The van der Waals surface area contributed by atoms with Crippen LogP contribution in [-0.4, -0.2) is 63.1 Å². The Morgan fingerprint density at radius 2 is 1.17 bits per heavy atom. The molecule has 0 aliphatic rings. The highest BCUT2D eigenvalue weighted by atomic mass is 16.8. The van der Waals surface area contributed by atoms with Crippen LogP contribution in [0, 0.1) is 10.1 Å². The Kier molecular flexibility index (Phi) is 14.6. The molecule has 1 amide bonds. The standard InChI is InChI=1S/C25H32N2O6.C10H18O5/c1-24(2,3)32-22(28)19-12-13-21(27(30)31)20(16-19)17-26(23(29)33-25(4,5)6)15-14-18-10-8-7-9-11-18;1-9(2,3)14-7(11)13-8(12)15-10(4,5)6/h7-13,16H,14-15,17H2,1-6H3;1-6H3. The van der Waals surface area contributed by atoms with Gasteiger partial charge in [0.1, 0.15) is 22.4 Å². The minimum atomic E-state index is -1.06. The fourth-order valence-electron chi connectivity index (χ4n) is 3.64. The van der Waals surface area contributed by atoms with Gasteiger partial charge in [0, 0.05) is 12.6 Å². The monoisotopic (exact) mass is 674 g/mol. The lowest BCUT2D eigenvalue weighted by Crippen LogP contribution is -2.37. The molecule has 13 heteroatoms. The molecule has 13 nitrogen and oxygen atoms in total. The quantitative estimate of drug-likeness (QED) is 0.0911. The Morgan fingerprint density at radius 1 is 0.688 bits per heavy atom. The molecule has 0 atom stereocenters. The van der Waals surface area contributed by atoms with Gasteiger partial charge in [-0.3, -0.25) is 10.1 Å². The van der Waals surface area contributed by atoms with Gasteiger partial charge in [-0.25, -0.2) is 19.2 Å². The Hall–Kier alpha value is -4.68. The van der Waals surface area contributed by atoms with E-state index in [0.29, 0.717) is 6.42 Å². The summed E-state index contributed by atoms with van der Waals surface area (Å²) in [5.41, 5.74) is -1.60. The molecule has 0 aromatic heterocycles. The van der Waals surface area contributed by atoms with Crippen LogP contribution in [-0.2, 0) is 36.6 Å². The molecule has 0 bridgehead atoms. The second kappa shape index (κ2) is 16.9. The Balaban J connectivity index is 0.000000646. The van der Waals surface area contributed by atoms with Gasteiger partial charge in [0.2, 0.25) is 0 Å². The number of carbonyl (C=O) groups excluding carboxylic acids is 4. The molecule has 0 radical (unpaired) electrons. The van der Waals surface area contributed by atoms with Gasteiger partial charge in [-0.1, -0.05) is 30.3 Å². The maximum Gasteiger partial charge on any atom is 0.519 e. The van der Waals surface area contributed by atoms with Crippen LogP contribution in [0.4, 0.5) is 20.1 Å². The molecule has 0 spiro atoms. The minimum absolute atomic E-state index is 0.0886. The molecule has 2 aromatic rings. The highest BCUT2D eigenvalue weighted by molar-refractivity contribution is 5.90. The molecule has 48 heavy (non-hydrogen) atoms. The molecule has 0 aliphatic heterocycles. The summed E-state index contributed by atoms with van der Waals surface area (Å²) in [6.45, 7) is 20.7. The molecule has 2 rings (SSSR count). The molecule has 2 aromatic carbocycles. The maximum absolute atomic E-state index is 12.9.